The summed E-state index contributed by atoms with van der Waals surface area (Å²) in [4.78, 5) is 30.9. The Morgan fingerprint density at radius 2 is 1.94 bits per heavy atom. The van der Waals surface area contributed by atoms with Gasteiger partial charge in [-0.05, 0) is 25.0 Å². The molecule has 3 aromatic rings. The van der Waals surface area contributed by atoms with E-state index in [1.165, 1.54) is 6.20 Å². The van der Waals surface area contributed by atoms with Crippen molar-refractivity contribution in [3.63, 3.8) is 0 Å². The molecule has 1 aliphatic heterocycles. The molecule has 0 spiro atoms. The third-order valence-corrected chi connectivity index (χ3v) is 5.04. The maximum atomic E-state index is 11.9. The average molecular weight is 415 g/mol. The molecule has 4 rings (SSSR count). The Morgan fingerprint density at radius 3 is 2.58 bits per heavy atom. The molecule has 31 heavy (non-hydrogen) atoms. The minimum atomic E-state index is -0.541. The minimum absolute atomic E-state index is 0.166. The monoisotopic (exact) mass is 415 g/mol. The summed E-state index contributed by atoms with van der Waals surface area (Å²) in [5.74, 6) is 1.40. The maximum Gasteiger partial charge on any atom is 0.252 e. The molecule has 4 heterocycles. The molecule has 4 N–H and O–H groups in total. The van der Waals surface area contributed by atoms with Crippen molar-refractivity contribution < 1.29 is 4.79 Å². The molecule has 1 saturated heterocycles. The lowest BCUT2D eigenvalue weighted by Gasteiger charge is -2.34. The van der Waals surface area contributed by atoms with Crippen molar-refractivity contribution in [1.82, 2.24) is 19.9 Å². The molecular formula is C21H21N9O. The molecule has 1 amide bonds. The fourth-order valence-corrected chi connectivity index (χ4v) is 3.45. The van der Waals surface area contributed by atoms with Gasteiger partial charge in [0.2, 0.25) is 0 Å². The summed E-state index contributed by atoms with van der Waals surface area (Å²) in [5.41, 5.74) is 7.05. The summed E-state index contributed by atoms with van der Waals surface area (Å²) in [7, 11) is 0. The molecule has 0 aromatic carbocycles. The number of carbonyl (C=O) groups excluding carboxylic acids is 1. The highest BCUT2D eigenvalue weighted by molar-refractivity contribution is 5.98. The first kappa shape index (κ1) is 20.0. The van der Waals surface area contributed by atoms with E-state index < -0.39 is 5.91 Å². The lowest BCUT2D eigenvalue weighted by molar-refractivity contribution is 0.100. The number of nitrogens with zero attached hydrogens (tertiary/aromatic N) is 6. The van der Waals surface area contributed by atoms with E-state index in [1.807, 2.05) is 6.07 Å². The van der Waals surface area contributed by atoms with Crippen LogP contribution in [0.25, 0.3) is 0 Å². The predicted molar refractivity (Wildman–Crippen MR) is 116 cm³/mol. The molecule has 3 aromatic heterocycles. The molecule has 0 aliphatic carbocycles. The van der Waals surface area contributed by atoms with Gasteiger partial charge in [0.05, 0.1) is 23.0 Å². The number of pyridine rings is 2. The van der Waals surface area contributed by atoms with Gasteiger partial charge in [0.15, 0.2) is 0 Å². The first-order chi connectivity index (χ1) is 15.1. The second-order valence-corrected chi connectivity index (χ2v) is 7.12. The highest BCUT2D eigenvalue weighted by Crippen LogP contribution is 2.25. The number of nitrogens with two attached hydrogens (primary N) is 1. The van der Waals surface area contributed by atoms with Gasteiger partial charge in [-0.2, -0.15) is 5.26 Å². The van der Waals surface area contributed by atoms with Crippen LogP contribution >= 0.6 is 0 Å². The first-order valence-corrected chi connectivity index (χ1v) is 9.83. The number of aromatic nitrogens is 4. The zero-order chi connectivity index (χ0) is 21.6. The number of primary amides is 1. The van der Waals surface area contributed by atoms with Gasteiger partial charge in [-0.25, -0.2) is 15.0 Å². The summed E-state index contributed by atoms with van der Waals surface area (Å²) < 4.78 is 0. The summed E-state index contributed by atoms with van der Waals surface area (Å²) in [6, 6.07) is 7.64. The normalized spacial score (nSPS) is 14.0. The number of rotatable bonds is 6. The first-order valence-electron chi connectivity index (χ1n) is 9.83. The number of nitriles is 1. The Hall–Kier alpha value is -4.26. The zero-order valence-corrected chi connectivity index (χ0v) is 16.7. The highest BCUT2D eigenvalue weighted by Gasteiger charge is 2.22. The van der Waals surface area contributed by atoms with E-state index in [4.69, 9.17) is 11.0 Å². The Labute approximate surface area is 179 Å². The zero-order valence-electron chi connectivity index (χ0n) is 16.7. The fourth-order valence-electron chi connectivity index (χ4n) is 3.45. The molecule has 0 unspecified atom stereocenters. The second-order valence-electron chi connectivity index (χ2n) is 7.12. The molecule has 10 nitrogen and oxygen atoms in total. The van der Waals surface area contributed by atoms with Gasteiger partial charge < -0.3 is 21.3 Å². The molecule has 0 radical (unpaired) electrons. The van der Waals surface area contributed by atoms with Gasteiger partial charge >= 0.3 is 0 Å². The van der Waals surface area contributed by atoms with Crippen LogP contribution in [0.3, 0.4) is 0 Å². The van der Waals surface area contributed by atoms with Crippen LogP contribution in [-0.2, 0) is 0 Å². The minimum Gasteiger partial charge on any atom is -0.381 e. The molecular weight excluding hydrogens is 394 g/mol. The molecule has 1 aliphatic rings. The van der Waals surface area contributed by atoms with Crippen molar-refractivity contribution in [2.45, 2.75) is 18.9 Å². The van der Waals surface area contributed by atoms with Crippen LogP contribution in [0.5, 0.6) is 0 Å². The number of carbonyl (C=O) groups is 1. The van der Waals surface area contributed by atoms with Crippen molar-refractivity contribution in [3.8, 4) is 6.07 Å². The van der Waals surface area contributed by atoms with Crippen LogP contribution in [0.2, 0.25) is 0 Å². The third kappa shape index (κ3) is 4.84. The number of amides is 1. The Morgan fingerprint density at radius 1 is 1.10 bits per heavy atom. The van der Waals surface area contributed by atoms with E-state index in [0.717, 1.165) is 31.7 Å². The van der Waals surface area contributed by atoms with Gasteiger partial charge in [0.1, 0.15) is 23.5 Å². The molecule has 0 saturated carbocycles. The van der Waals surface area contributed by atoms with Crippen LogP contribution in [0, 0.1) is 11.3 Å². The van der Waals surface area contributed by atoms with E-state index in [-0.39, 0.29) is 6.04 Å². The van der Waals surface area contributed by atoms with Crippen molar-refractivity contribution in [3.05, 3.63) is 60.3 Å². The standard InChI is InChI=1S/C21H21N9O/c22-10-14-1-2-20(27-11-14)30-7-3-15(4-8-30)28-17-9-18(26-12-16(17)21(23)31)29-19-13-24-5-6-25-19/h1-2,5-6,9,11-13,15H,3-4,7-8H2,(H2,23,31)(H2,25,26,28,29). The fraction of sp³-hybridized carbons (Fsp3) is 0.238. The third-order valence-electron chi connectivity index (χ3n) is 5.04. The average Bonchev–Trinajstić information content (AvgIpc) is 2.80. The van der Waals surface area contributed by atoms with Crippen molar-refractivity contribution in [1.29, 1.82) is 5.26 Å². The lowest BCUT2D eigenvalue weighted by Crippen LogP contribution is -2.39. The van der Waals surface area contributed by atoms with E-state index in [0.29, 0.717) is 28.5 Å². The van der Waals surface area contributed by atoms with Crippen molar-refractivity contribution >= 4 is 29.0 Å². The van der Waals surface area contributed by atoms with Crippen LogP contribution in [-0.4, -0.2) is 45.0 Å². The Balaban J connectivity index is 1.43. The van der Waals surface area contributed by atoms with Crippen LogP contribution in [0.1, 0.15) is 28.8 Å². The SMILES string of the molecule is N#Cc1ccc(N2CCC(Nc3cc(Nc4cnccn4)ncc3C(N)=O)CC2)nc1. The lowest BCUT2D eigenvalue weighted by atomic mass is 10.0. The quantitative estimate of drug-likeness (QED) is 0.550. The number of piperidine rings is 1. The van der Waals surface area contributed by atoms with Gasteiger partial charge in [0.25, 0.3) is 5.91 Å². The number of hydrogen-bond acceptors (Lipinski definition) is 9. The summed E-state index contributed by atoms with van der Waals surface area (Å²) in [5, 5.41) is 15.4. The van der Waals surface area contributed by atoms with Crippen molar-refractivity contribution in [2.75, 3.05) is 28.6 Å². The summed E-state index contributed by atoms with van der Waals surface area (Å²) >= 11 is 0. The van der Waals surface area contributed by atoms with Crippen molar-refractivity contribution in [2.24, 2.45) is 5.73 Å². The molecule has 1 fully saturated rings. The predicted octanol–water partition coefficient (Wildman–Crippen LogP) is 2.06. The number of anilines is 4. The van der Waals surface area contributed by atoms with Crippen LogP contribution in [0.4, 0.5) is 23.1 Å². The molecule has 0 bridgehead atoms. The smallest absolute Gasteiger partial charge is 0.252 e. The summed E-state index contributed by atoms with van der Waals surface area (Å²) in [6.45, 7) is 1.61. The number of hydrogen-bond donors (Lipinski definition) is 3. The van der Waals surface area contributed by atoms with E-state index in [2.05, 4.69) is 41.5 Å². The number of nitrogens with one attached hydrogen (secondary N) is 2. The second kappa shape index (κ2) is 9.04. The van der Waals surface area contributed by atoms with E-state index in [1.54, 1.807) is 36.9 Å². The maximum absolute atomic E-state index is 11.9. The Kier molecular flexibility index (Phi) is 5.84. The van der Waals surface area contributed by atoms with E-state index in [9.17, 15) is 4.79 Å². The molecule has 156 valence electrons. The molecule has 0 atom stereocenters. The largest absolute Gasteiger partial charge is 0.381 e. The van der Waals surface area contributed by atoms with Gasteiger partial charge in [-0.1, -0.05) is 0 Å². The van der Waals surface area contributed by atoms with E-state index >= 15 is 0 Å². The summed E-state index contributed by atoms with van der Waals surface area (Å²) in [6.07, 6.45) is 9.51. The van der Waals surface area contributed by atoms with Gasteiger partial charge in [0, 0.05) is 50.0 Å². The highest BCUT2D eigenvalue weighted by atomic mass is 16.1. The topological polar surface area (TPSA) is 146 Å². The molecule has 10 heteroatoms. The van der Waals surface area contributed by atoms with Crippen LogP contribution < -0.4 is 21.3 Å². The van der Waals surface area contributed by atoms with Crippen LogP contribution in [0.15, 0.2) is 49.2 Å². The van der Waals surface area contributed by atoms with Gasteiger partial charge in [-0.3, -0.25) is 9.78 Å². The van der Waals surface area contributed by atoms with Gasteiger partial charge in [-0.15, -0.1) is 0 Å². The Bertz CT molecular complexity index is 1090.